The van der Waals surface area contributed by atoms with Crippen LogP contribution in [0, 0.1) is 6.92 Å². The standard InChI is InChI=1S/C25H29N5O4S/c1-14-7-15(8-17-11-26-29-22(14)17)9-20(24(32)34-2)28-25(33)30-5-3-16(4-6-30)19-10-18-12-35-13-21(18)27-23(19)31/h7-8,10-11,16,20H,3-6,9,12-13H2,1-2H3,(H,26,29)(H,27,31)(H,28,33)/t20-/m1/s1. The molecular formula is C25H29N5O4S. The Morgan fingerprint density at radius 1 is 1.26 bits per heavy atom. The number of aromatic nitrogens is 3. The Labute approximate surface area is 207 Å². The number of thioether (sulfide) groups is 1. The number of H-pyrrole nitrogens is 2. The lowest BCUT2D eigenvalue weighted by Crippen LogP contribution is -2.51. The number of likely N-dealkylation sites (tertiary alicyclic amines) is 1. The highest BCUT2D eigenvalue weighted by Crippen LogP contribution is 2.32. The van der Waals surface area contributed by atoms with Gasteiger partial charge in [0.2, 0.25) is 0 Å². The molecule has 3 N–H and O–H groups in total. The van der Waals surface area contributed by atoms with Crippen LogP contribution in [0.4, 0.5) is 4.79 Å². The van der Waals surface area contributed by atoms with Crippen molar-refractivity contribution in [2.75, 3.05) is 20.2 Å². The molecule has 0 saturated carbocycles. The maximum absolute atomic E-state index is 13.0. The Kier molecular flexibility index (Phi) is 6.55. The van der Waals surface area contributed by atoms with Crippen LogP contribution in [-0.2, 0) is 27.5 Å². The highest BCUT2D eigenvalue weighted by molar-refractivity contribution is 7.98. The summed E-state index contributed by atoms with van der Waals surface area (Å²) >= 11 is 1.81. The third kappa shape index (κ3) is 4.80. The molecule has 10 heteroatoms. The van der Waals surface area contributed by atoms with Crippen LogP contribution in [0.15, 0.2) is 29.2 Å². The highest BCUT2D eigenvalue weighted by atomic mass is 32.2. The quantitative estimate of drug-likeness (QED) is 0.468. The van der Waals surface area contributed by atoms with E-state index in [0.717, 1.165) is 44.8 Å². The van der Waals surface area contributed by atoms with E-state index in [4.69, 9.17) is 4.74 Å². The zero-order chi connectivity index (χ0) is 24.5. The Hall–Kier alpha value is -3.27. The number of fused-ring (bicyclic) bond motifs is 2. The van der Waals surface area contributed by atoms with E-state index in [-0.39, 0.29) is 17.5 Å². The molecule has 1 aromatic carbocycles. The number of urea groups is 1. The van der Waals surface area contributed by atoms with Gasteiger partial charge >= 0.3 is 12.0 Å². The van der Waals surface area contributed by atoms with Crippen molar-refractivity contribution in [3.63, 3.8) is 0 Å². The molecule has 9 nitrogen and oxygen atoms in total. The van der Waals surface area contributed by atoms with Gasteiger partial charge in [0.05, 0.1) is 18.8 Å². The third-order valence-corrected chi connectivity index (χ3v) is 8.01. The summed E-state index contributed by atoms with van der Waals surface area (Å²) < 4.78 is 4.97. The molecule has 2 aromatic heterocycles. The zero-order valence-electron chi connectivity index (χ0n) is 19.8. The van der Waals surface area contributed by atoms with Crippen LogP contribution < -0.4 is 10.9 Å². The summed E-state index contributed by atoms with van der Waals surface area (Å²) in [6.07, 6.45) is 3.48. The normalized spacial score (nSPS) is 16.8. The maximum atomic E-state index is 13.0. The van der Waals surface area contributed by atoms with Crippen LogP contribution in [0.2, 0.25) is 0 Å². The molecule has 0 unspecified atom stereocenters. The number of rotatable bonds is 5. The number of methoxy groups -OCH3 is 1. The van der Waals surface area contributed by atoms with Gasteiger partial charge in [-0.05, 0) is 54.5 Å². The zero-order valence-corrected chi connectivity index (χ0v) is 20.7. The summed E-state index contributed by atoms with van der Waals surface area (Å²) in [5.41, 5.74) is 5.96. The van der Waals surface area contributed by atoms with Crippen molar-refractivity contribution in [3.05, 3.63) is 62.7 Å². The lowest BCUT2D eigenvalue weighted by atomic mass is 9.89. The number of ether oxygens (including phenoxy) is 1. The number of carbonyl (C=O) groups is 2. The number of carbonyl (C=O) groups excluding carboxylic acids is 2. The summed E-state index contributed by atoms with van der Waals surface area (Å²) in [6, 6.07) is 4.92. The molecule has 2 aliphatic heterocycles. The van der Waals surface area contributed by atoms with Crippen molar-refractivity contribution < 1.29 is 14.3 Å². The van der Waals surface area contributed by atoms with Crippen molar-refractivity contribution in [3.8, 4) is 0 Å². The number of amides is 2. The highest BCUT2D eigenvalue weighted by Gasteiger charge is 2.30. The van der Waals surface area contributed by atoms with Gasteiger partial charge < -0.3 is 19.9 Å². The number of nitrogens with one attached hydrogen (secondary N) is 3. The Balaban J connectivity index is 1.24. The third-order valence-electron chi connectivity index (χ3n) is 7.00. The van der Waals surface area contributed by atoms with E-state index >= 15 is 0 Å². The van der Waals surface area contributed by atoms with Crippen LogP contribution in [0.25, 0.3) is 10.9 Å². The van der Waals surface area contributed by atoms with Crippen LogP contribution in [-0.4, -0.2) is 58.3 Å². The smallest absolute Gasteiger partial charge is 0.328 e. The predicted octanol–water partition coefficient (Wildman–Crippen LogP) is 2.98. The number of pyridine rings is 1. The van der Waals surface area contributed by atoms with Gasteiger partial charge in [-0.2, -0.15) is 16.9 Å². The first-order chi connectivity index (χ1) is 16.9. The fraction of sp³-hybridized carbons (Fsp3) is 0.440. The second kappa shape index (κ2) is 9.77. The average Bonchev–Trinajstić information content (AvgIpc) is 3.52. The first-order valence-corrected chi connectivity index (χ1v) is 13.0. The summed E-state index contributed by atoms with van der Waals surface area (Å²) in [5.74, 6) is 1.43. The molecule has 0 radical (unpaired) electrons. The molecular weight excluding hydrogens is 466 g/mol. The Morgan fingerprint density at radius 3 is 2.83 bits per heavy atom. The molecule has 184 valence electrons. The van der Waals surface area contributed by atoms with Crippen LogP contribution >= 0.6 is 11.8 Å². The monoisotopic (exact) mass is 495 g/mol. The van der Waals surface area contributed by atoms with Crippen molar-refractivity contribution in [1.29, 1.82) is 0 Å². The Morgan fingerprint density at radius 2 is 2.06 bits per heavy atom. The molecule has 0 spiro atoms. The van der Waals surface area contributed by atoms with Crippen molar-refractivity contribution in [1.82, 2.24) is 25.4 Å². The number of piperidine rings is 1. The minimum absolute atomic E-state index is 0.00945. The molecule has 4 heterocycles. The molecule has 1 saturated heterocycles. The summed E-state index contributed by atoms with van der Waals surface area (Å²) in [4.78, 5) is 42.9. The maximum Gasteiger partial charge on any atom is 0.328 e. The van der Waals surface area contributed by atoms with E-state index in [1.165, 1.54) is 12.7 Å². The van der Waals surface area contributed by atoms with Crippen LogP contribution in [0.3, 0.4) is 0 Å². The number of benzene rings is 1. The second-order valence-electron chi connectivity index (χ2n) is 9.29. The summed E-state index contributed by atoms with van der Waals surface area (Å²) in [6.45, 7) is 3.02. The minimum Gasteiger partial charge on any atom is -0.467 e. The minimum atomic E-state index is -0.800. The van der Waals surface area contributed by atoms with E-state index in [9.17, 15) is 14.4 Å². The molecule has 1 fully saturated rings. The van der Waals surface area contributed by atoms with Gasteiger partial charge in [0.15, 0.2) is 0 Å². The molecule has 35 heavy (non-hydrogen) atoms. The SMILES string of the molecule is COC(=O)[C@@H](Cc1cc(C)c2[nH]ncc2c1)NC(=O)N1CCC(c2cc3c([nH]c2=O)CSC3)CC1. The number of hydrogen-bond donors (Lipinski definition) is 3. The van der Waals surface area contributed by atoms with Gasteiger partial charge in [-0.25, -0.2) is 9.59 Å². The number of nitrogens with zero attached hydrogens (tertiary/aromatic N) is 2. The average molecular weight is 496 g/mol. The van der Waals surface area contributed by atoms with E-state index < -0.39 is 12.0 Å². The fourth-order valence-electron chi connectivity index (χ4n) is 5.09. The van der Waals surface area contributed by atoms with E-state index in [0.29, 0.717) is 32.4 Å². The largest absolute Gasteiger partial charge is 0.467 e. The predicted molar refractivity (Wildman–Crippen MR) is 134 cm³/mol. The Bertz CT molecular complexity index is 1330. The first kappa shape index (κ1) is 23.5. The second-order valence-corrected chi connectivity index (χ2v) is 10.3. The fourth-order valence-corrected chi connectivity index (χ4v) is 6.13. The number of aromatic amines is 2. The van der Waals surface area contributed by atoms with Gasteiger partial charge in [0.1, 0.15) is 6.04 Å². The molecule has 5 rings (SSSR count). The molecule has 1 atom stereocenters. The molecule has 2 amide bonds. The van der Waals surface area contributed by atoms with Crippen molar-refractivity contribution in [2.24, 2.45) is 0 Å². The van der Waals surface area contributed by atoms with Gasteiger partial charge in [-0.15, -0.1) is 0 Å². The van der Waals surface area contributed by atoms with E-state index in [2.05, 4.69) is 26.6 Å². The number of esters is 1. The van der Waals surface area contributed by atoms with Crippen molar-refractivity contribution >= 4 is 34.7 Å². The van der Waals surface area contributed by atoms with Gasteiger partial charge in [0.25, 0.3) is 5.56 Å². The summed E-state index contributed by atoms with van der Waals surface area (Å²) in [5, 5.41) is 10.9. The van der Waals surface area contributed by atoms with Gasteiger partial charge in [-0.1, -0.05) is 6.07 Å². The molecule has 0 bridgehead atoms. The summed E-state index contributed by atoms with van der Waals surface area (Å²) in [7, 11) is 1.32. The van der Waals surface area contributed by atoms with Crippen LogP contribution in [0.1, 0.15) is 46.7 Å². The van der Waals surface area contributed by atoms with Crippen molar-refractivity contribution in [2.45, 2.75) is 49.7 Å². The first-order valence-electron chi connectivity index (χ1n) is 11.8. The lowest BCUT2D eigenvalue weighted by Gasteiger charge is -2.33. The van der Waals surface area contributed by atoms with Gasteiger partial charge in [-0.3, -0.25) is 9.89 Å². The molecule has 0 aliphatic carbocycles. The number of hydrogen-bond acceptors (Lipinski definition) is 6. The van der Waals surface area contributed by atoms with E-state index in [1.54, 1.807) is 11.1 Å². The van der Waals surface area contributed by atoms with Crippen LogP contribution in [0.5, 0.6) is 0 Å². The molecule has 2 aliphatic rings. The topological polar surface area (TPSA) is 120 Å². The van der Waals surface area contributed by atoms with Gasteiger partial charge in [0, 0.05) is 47.7 Å². The molecule has 3 aromatic rings. The lowest BCUT2D eigenvalue weighted by molar-refractivity contribution is -0.142. The number of aryl methyl sites for hydroxylation is 1. The van der Waals surface area contributed by atoms with E-state index in [1.807, 2.05) is 30.8 Å².